The molecule has 0 aromatic carbocycles. The maximum Gasteiger partial charge on any atom is 0.0363 e. The van der Waals surface area contributed by atoms with Gasteiger partial charge >= 0.3 is 0 Å². The summed E-state index contributed by atoms with van der Waals surface area (Å²) in [5, 5.41) is 3.64. The Hall–Kier alpha value is -0.760. The van der Waals surface area contributed by atoms with Crippen LogP contribution in [0.25, 0.3) is 0 Å². The third-order valence-corrected chi connectivity index (χ3v) is 3.85. The van der Waals surface area contributed by atoms with E-state index in [9.17, 15) is 0 Å². The van der Waals surface area contributed by atoms with Crippen molar-refractivity contribution < 1.29 is 0 Å². The summed E-state index contributed by atoms with van der Waals surface area (Å²) >= 11 is 0. The number of hydrogen-bond acceptors (Lipinski definition) is 1. The minimum Gasteiger partial charge on any atom is -0.354 e. The molecular formula is C16H28N2. The third kappa shape index (κ3) is 3.88. The first kappa shape index (κ1) is 13.7. The highest BCUT2D eigenvalue weighted by molar-refractivity contribution is 5.18. The van der Waals surface area contributed by atoms with E-state index in [4.69, 9.17) is 0 Å². The summed E-state index contributed by atoms with van der Waals surface area (Å²) in [6, 6.07) is 2.91. The molecule has 0 saturated heterocycles. The quantitative estimate of drug-likeness (QED) is 0.736. The second-order valence-electron chi connectivity index (χ2n) is 6.09. The van der Waals surface area contributed by atoms with Crippen molar-refractivity contribution in [1.82, 2.24) is 9.88 Å². The lowest BCUT2D eigenvalue weighted by molar-refractivity contribution is 0.490. The lowest BCUT2D eigenvalue weighted by Gasteiger charge is -2.15. The molecule has 102 valence electrons. The summed E-state index contributed by atoms with van der Waals surface area (Å²) < 4.78 is 2.37. The molecule has 0 radical (unpaired) electrons. The first-order valence-electron chi connectivity index (χ1n) is 7.59. The predicted octanol–water partition coefficient (Wildman–Crippen LogP) is 3.98. The molecule has 1 aromatic rings. The van der Waals surface area contributed by atoms with Gasteiger partial charge in [0.25, 0.3) is 0 Å². The summed E-state index contributed by atoms with van der Waals surface area (Å²) in [5.74, 6) is 1.71. The molecule has 1 unspecified atom stereocenters. The monoisotopic (exact) mass is 248 g/mol. The van der Waals surface area contributed by atoms with Crippen molar-refractivity contribution in [2.24, 2.45) is 11.8 Å². The Bertz CT molecular complexity index is 350. The van der Waals surface area contributed by atoms with Gasteiger partial charge in [0.2, 0.25) is 0 Å². The average Bonchev–Trinajstić information content (AvgIpc) is 3.06. The van der Waals surface area contributed by atoms with Gasteiger partial charge in [-0.1, -0.05) is 20.8 Å². The van der Waals surface area contributed by atoms with E-state index in [-0.39, 0.29) is 0 Å². The van der Waals surface area contributed by atoms with E-state index in [0.717, 1.165) is 18.4 Å². The molecule has 2 nitrogen and oxygen atoms in total. The van der Waals surface area contributed by atoms with Crippen molar-refractivity contribution in [2.45, 2.75) is 59.0 Å². The SMILES string of the molecule is CCNC(c1ccn(CCCC(C)C)c1)C1CC1. The fourth-order valence-corrected chi connectivity index (χ4v) is 2.67. The Kier molecular flexibility index (Phi) is 4.87. The van der Waals surface area contributed by atoms with Crippen LogP contribution < -0.4 is 5.32 Å². The number of nitrogens with one attached hydrogen (secondary N) is 1. The van der Waals surface area contributed by atoms with Crippen molar-refractivity contribution in [3.63, 3.8) is 0 Å². The Balaban J connectivity index is 1.87. The van der Waals surface area contributed by atoms with E-state index < -0.39 is 0 Å². The van der Waals surface area contributed by atoms with Gasteiger partial charge in [-0.15, -0.1) is 0 Å². The molecule has 0 bridgehead atoms. The Morgan fingerprint density at radius 3 is 2.78 bits per heavy atom. The summed E-state index contributed by atoms with van der Waals surface area (Å²) in [4.78, 5) is 0. The normalized spacial score (nSPS) is 17.3. The zero-order chi connectivity index (χ0) is 13.0. The van der Waals surface area contributed by atoms with Crippen molar-refractivity contribution in [2.75, 3.05) is 6.54 Å². The van der Waals surface area contributed by atoms with Crippen LogP contribution >= 0.6 is 0 Å². The molecular weight excluding hydrogens is 220 g/mol. The highest BCUT2D eigenvalue weighted by Crippen LogP contribution is 2.40. The van der Waals surface area contributed by atoms with Gasteiger partial charge in [-0.2, -0.15) is 0 Å². The Morgan fingerprint density at radius 1 is 1.39 bits per heavy atom. The van der Waals surface area contributed by atoms with Crippen LogP contribution in [-0.4, -0.2) is 11.1 Å². The predicted molar refractivity (Wildman–Crippen MR) is 77.6 cm³/mol. The smallest absolute Gasteiger partial charge is 0.0363 e. The molecule has 1 aliphatic carbocycles. The number of hydrogen-bond donors (Lipinski definition) is 1. The summed E-state index contributed by atoms with van der Waals surface area (Å²) in [6.45, 7) is 9.04. The van der Waals surface area contributed by atoms with E-state index in [0.29, 0.717) is 6.04 Å². The zero-order valence-corrected chi connectivity index (χ0v) is 12.2. The van der Waals surface area contributed by atoms with Crippen LogP contribution in [0, 0.1) is 11.8 Å². The van der Waals surface area contributed by atoms with Crippen molar-refractivity contribution in [3.05, 3.63) is 24.0 Å². The highest BCUT2D eigenvalue weighted by Gasteiger charge is 2.31. The van der Waals surface area contributed by atoms with Gasteiger partial charge in [0, 0.05) is 25.0 Å². The van der Waals surface area contributed by atoms with Gasteiger partial charge < -0.3 is 9.88 Å². The van der Waals surface area contributed by atoms with Crippen LogP contribution in [0.1, 0.15) is 58.1 Å². The second-order valence-corrected chi connectivity index (χ2v) is 6.09. The zero-order valence-electron chi connectivity index (χ0n) is 12.2. The minimum atomic E-state index is 0.598. The van der Waals surface area contributed by atoms with Gasteiger partial charge in [0.15, 0.2) is 0 Å². The van der Waals surface area contributed by atoms with Crippen molar-refractivity contribution >= 4 is 0 Å². The van der Waals surface area contributed by atoms with Crippen LogP contribution in [0.4, 0.5) is 0 Å². The van der Waals surface area contributed by atoms with Gasteiger partial charge in [-0.3, -0.25) is 0 Å². The molecule has 0 aliphatic heterocycles. The fourth-order valence-electron chi connectivity index (χ4n) is 2.67. The van der Waals surface area contributed by atoms with E-state index in [2.05, 4.69) is 49.1 Å². The first-order chi connectivity index (χ1) is 8.70. The van der Waals surface area contributed by atoms with Crippen molar-refractivity contribution in [1.29, 1.82) is 0 Å². The van der Waals surface area contributed by atoms with Gasteiger partial charge in [0.05, 0.1) is 0 Å². The standard InChI is InChI=1S/C16H28N2/c1-4-17-16(14-7-8-14)15-9-11-18(12-15)10-5-6-13(2)3/h9,11-14,16-17H,4-8,10H2,1-3H3. The molecule has 0 spiro atoms. The second kappa shape index (κ2) is 6.42. The molecule has 18 heavy (non-hydrogen) atoms. The molecule has 2 rings (SSSR count). The minimum absolute atomic E-state index is 0.598. The maximum atomic E-state index is 3.64. The Labute approximate surface area is 112 Å². The number of nitrogens with zero attached hydrogens (tertiary/aromatic N) is 1. The average molecular weight is 248 g/mol. The maximum absolute atomic E-state index is 3.64. The van der Waals surface area contributed by atoms with Crippen LogP contribution in [0.15, 0.2) is 18.5 Å². The summed E-state index contributed by atoms with van der Waals surface area (Å²) in [5.41, 5.74) is 1.49. The molecule has 1 aliphatic rings. The topological polar surface area (TPSA) is 17.0 Å². The number of rotatable bonds is 8. The van der Waals surface area contributed by atoms with E-state index in [1.165, 1.54) is 37.8 Å². The third-order valence-electron chi connectivity index (χ3n) is 3.85. The van der Waals surface area contributed by atoms with Crippen LogP contribution in [0.2, 0.25) is 0 Å². The van der Waals surface area contributed by atoms with Crippen LogP contribution in [-0.2, 0) is 6.54 Å². The lowest BCUT2D eigenvalue weighted by Crippen LogP contribution is -2.22. The number of aryl methyl sites for hydroxylation is 1. The molecule has 1 saturated carbocycles. The van der Waals surface area contributed by atoms with Gasteiger partial charge in [-0.05, 0) is 55.7 Å². The highest BCUT2D eigenvalue weighted by atomic mass is 15.0. The summed E-state index contributed by atoms with van der Waals surface area (Å²) in [6.07, 6.45) is 10.0. The molecule has 1 N–H and O–H groups in total. The fraction of sp³-hybridized carbons (Fsp3) is 0.750. The van der Waals surface area contributed by atoms with E-state index >= 15 is 0 Å². The molecule has 0 amide bonds. The number of aromatic nitrogens is 1. The van der Waals surface area contributed by atoms with Crippen LogP contribution in [0.5, 0.6) is 0 Å². The van der Waals surface area contributed by atoms with E-state index in [1.54, 1.807) is 0 Å². The van der Waals surface area contributed by atoms with Gasteiger partial charge in [-0.25, -0.2) is 0 Å². The van der Waals surface area contributed by atoms with Gasteiger partial charge in [0.1, 0.15) is 0 Å². The largest absolute Gasteiger partial charge is 0.354 e. The molecule has 2 heteroatoms. The Morgan fingerprint density at radius 2 is 2.17 bits per heavy atom. The lowest BCUT2D eigenvalue weighted by atomic mass is 10.1. The molecule has 1 atom stereocenters. The first-order valence-corrected chi connectivity index (χ1v) is 7.59. The molecule has 1 aromatic heterocycles. The van der Waals surface area contributed by atoms with Crippen molar-refractivity contribution in [3.8, 4) is 0 Å². The molecule has 1 heterocycles. The van der Waals surface area contributed by atoms with E-state index in [1.807, 2.05) is 0 Å². The summed E-state index contributed by atoms with van der Waals surface area (Å²) in [7, 11) is 0. The van der Waals surface area contributed by atoms with Crippen LogP contribution in [0.3, 0.4) is 0 Å². The molecule has 1 fully saturated rings.